The highest BCUT2D eigenvalue weighted by Crippen LogP contribution is 2.56. The molecule has 256 valence electrons. The van der Waals surface area contributed by atoms with Crippen molar-refractivity contribution in [2.45, 2.75) is 19.3 Å². The fourth-order valence-corrected chi connectivity index (χ4v) is 10.6. The first-order valence-corrected chi connectivity index (χ1v) is 19.3. The van der Waals surface area contributed by atoms with Crippen molar-refractivity contribution in [2.24, 2.45) is 0 Å². The zero-order valence-electron chi connectivity index (χ0n) is 30.5. The fourth-order valence-electron chi connectivity index (χ4n) is 10.6. The van der Waals surface area contributed by atoms with Crippen LogP contribution < -0.4 is 15.7 Å². The van der Waals surface area contributed by atoms with Crippen molar-refractivity contribution in [3.05, 3.63) is 175 Å². The summed E-state index contributed by atoms with van der Waals surface area (Å²) in [5, 5.41) is 6.09. The van der Waals surface area contributed by atoms with Crippen molar-refractivity contribution in [2.75, 3.05) is 4.81 Å². The second-order valence-electron chi connectivity index (χ2n) is 16.0. The molecule has 0 N–H and O–H groups in total. The predicted octanol–water partition coefficient (Wildman–Crippen LogP) is 11.9. The topological polar surface area (TPSA) is 21.3 Å². The zero-order chi connectivity index (χ0) is 36.2. The summed E-state index contributed by atoms with van der Waals surface area (Å²) in [6.45, 7) is 4.71. The van der Waals surface area contributed by atoms with Crippen molar-refractivity contribution in [1.82, 2.24) is 4.57 Å². The van der Waals surface area contributed by atoms with E-state index in [2.05, 4.69) is 187 Å². The van der Waals surface area contributed by atoms with Crippen molar-refractivity contribution in [1.29, 1.82) is 0 Å². The highest BCUT2D eigenvalue weighted by molar-refractivity contribution is 6.93. The first-order valence-electron chi connectivity index (χ1n) is 19.3. The summed E-state index contributed by atoms with van der Waals surface area (Å²) in [6.07, 6.45) is 0. The van der Waals surface area contributed by atoms with Gasteiger partial charge in [0.25, 0.3) is 0 Å². The molecule has 1 aliphatic carbocycles. The molecule has 3 nitrogen and oxygen atoms in total. The van der Waals surface area contributed by atoms with Crippen LogP contribution >= 0.6 is 0 Å². The van der Waals surface area contributed by atoms with Gasteiger partial charge in [-0.15, -0.1) is 0 Å². The van der Waals surface area contributed by atoms with E-state index in [1.807, 2.05) is 0 Å². The summed E-state index contributed by atoms with van der Waals surface area (Å²) >= 11 is 0. The molecule has 4 heteroatoms. The van der Waals surface area contributed by atoms with Gasteiger partial charge in [-0.25, -0.2) is 0 Å². The Hall–Kier alpha value is -6.78. The fraction of sp³-hybridized carbons (Fsp3) is 0.0588. The second-order valence-corrected chi connectivity index (χ2v) is 16.0. The molecule has 0 atom stereocenters. The molecular weight excluding hydrogens is 667 g/mol. The number of benzene rings is 8. The molecule has 3 aliphatic rings. The van der Waals surface area contributed by atoms with E-state index in [4.69, 9.17) is 4.42 Å². The summed E-state index contributed by atoms with van der Waals surface area (Å²) in [5.74, 6) is 0. The standard InChI is InChI=1S/C51H33BN2O/c1-51(2)41-20-10-8-18-36(41)48-45(51)37-19-12-21-42-47(37)53(48)49-46-39(29-40-35-17-9-11-22-44(35)55-50(40)49)38-27-32-15-6-7-16-33(32)28-43(38)54(52(42)46)34-25-23-31(24-26-34)30-13-4-3-5-14-30/h3-29H,1-2H3. The minimum Gasteiger partial charge on any atom is -0.454 e. The Labute approximate surface area is 318 Å². The summed E-state index contributed by atoms with van der Waals surface area (Å²) in [4.78, 5) is 2.62. The Morgan fingerprint density at radius 2 is 1.27 bits per heavy atom. The molecule has 0 spiro atoms. The Kier molecular flexibility index (Phi) is 5.53. The molecule has 13 rings (SSSR count). The number of hydrogen-bond donors (Lipinski definition) is 0. The lowest BCUT2D eigenvalue weighted by Crippen LogP contribution is -2.60. The largest absolute Gasteiger partial charge is 0.454 e. The molecule has 0 unspecified atom stereocenters. The van der Waals surface area contributed by atoms with E-state index >= 15 is 0 Å². The third-order valence-electron chi connectivity index (χ3n) is 12.9. The molecule has 10 aromatic rings. The quantitative estimate of drug-likeness (QED) is 0.167. The van der Waals surface area contributed by atoms with Crippen LogP contribution in [0.2, 0.25) is 0 Å². The van der Waals surface area contributed by atoms with Gasteiger partial charge in [0, 0.05) is 44.1 Å². The molecular formula is C51H33BN2O. The van der Waals surface area contributed by atoms with Crippen LogP contribution in [-0.4, -0.2) is 11.4 Å². The summed E-state index contributed by atoms with van der Waals surface area (Å²) in [7, 11) is 0. The van der Waals surface area contributed by atoms with Crippen LogP contribution in [0.4, 0.5) is 11.4 Å². The van der Waals surface area contributed by atoms with Gasteiger partial charge in [-0.3, -0.25) is 0 Å². The summed E-state index contributed by atoms with van der Waals surface area (Å²) in [6, 6.07) is 60.6. The second kappa shape index (κ2) is 10.2. The number of hydrogen-bond acceptors (Lipinski definition) is 2. The number of fused-ring (bicyclic) bond motifs is 14. The maximum absolute atomic E-state index is 7.06. The molecule has 0 fully saturated rings. The normalized spacial score (nSPS) is 14.4. The van der Waals surface area contributed by atoms with E-state index in [9.17, 15) is 0 Å². The SMILES string of the molecule is CC1(C)c2ccccc2-c2c1c1cccc3c1n2-c1c2c(cc4c1oc1ccccc14)-c1cc4ccccc4cc1N(c1ccc(-c4ccccc4)cc1)B23. The van der Waals surface area contributed by atoms with Gasteiger partial charge in [0.05, 0.1) is 16.9 Å². The maximum atomic E-state index is 7.06. The zero-order valence-corrected chi connectivity index (χ0v) is 30.5. The van der Waals surface area contributed by atoms with E-state index in [0.717, 1.165) is 33.3 Å². The minimum absolute atomic E-state index is 0.0940. The average molecular weight is 701 g/mol. The van der Waals surface area contributed by atoms with Crippen LogP contribution in [0.3, 0.4) is 0 Å². The van der Waals surface area contributed by atoms with Gasteiger partial charge in [-0.05, 0) is 85.9 Å². The Bertz CT molecular complexity index is 3300. The highest BCUT2D eigenvalue weighted by atomic mass is 16.3. The first kappa shape index (κ1) is 29.7. The lowest BCUT2D eigenvalue weighted by Gasteiger charge is -2.42. The number of para-hydroxylation sites is 2. The molecule has 55 heavy (non-hydrogen) atoms. The van der Waals surface area contributed by atoms with Gasteiger partial charge >= 0.3 is 6.85 Å². The van der Waals surface area contributed by atoms with Crippen LogP contribution in [0.25, 0.3) is 82.8 Å². The number of rotatable bonds is 2. The smallest absolute Gasteiger partial charge is 0.333 e. The van der Waals surface area contributed by atoms with Crippen molar-refractivity contribution < 1.29 is 4.42 Å². The van der Waals surface area contributed by atoms with Crippen molar-refractivity contribution >= 4 is 72.8 Å². The van der Waals surface area contributed by atoms with Gasteiger partial charge in [0.1, 0.15) is 5.58 Å². The molecule has 4 heterocycles. The first-order chi connectivity index (χ1) is 27.1. The molecule has 2 aliphatic heterocycles. The predicted molar refractivity (Wildman–Crippen MR) is 230 cm³/mol. The molecule has 2 aromatic heterocycles. The van der Waals surface area contributed by atoms with E-state index in [1.165, 1.54) is 82.9 Å². The lowest BCUT2D eigenvalue weighted by molar-refractivity contribution is 0.664. The third-order valence-corrected chi connectivity index (χ3v) is 12.9. The molecule has 0 saturated carbocycles. The Morgan fingerprint density at radius 3 is 2.13 bits per heavy atom. The van der Waals surface area contributed by atoms with Gasteiger partial charge < -0.3 is 13.8 Å². The number of nitrogens with zero attached hydrogens (tertiary/aromatic N) is 2. The molecule has 0 bridgehead atoms. The number of furan rings is 1. The monoisotopic (exact) mass is 700 g/mol. The van der Waals surface area contributed by atoms with Crippen LogP contribution in [-0.2, 0) is 5.41 Å². The van der Waals surface area contributed by atoms with Gasteiger partial charge in [0.15, 0.2) is 5.58 Å². The summed E-state index contributed by atoms with van der Waals surface area (Å²) in [5.41, 5.74) is 19.4. The van der Waals surface area contributed by atoms with Crippen LogP contribution in [0.5, 0.6) is 0 Å². The van der Waals surface area contributed by atoms with Crippen molar-refractivity contribution in [3.63, 3.8) is 0 Å². The van der Waals surface area contributed by atoms with Crippen molar-refractivity contribution in [3.8, 4) is 39.2 Å². The Morgan fingerprint density at radius 1 is 0.564 bits per heavy atom. The van der Waals surface area contributed by atoms with Gasteiger partial charge in [-0.2, -0.15) is 0 Å². The van der Waals surface area contributed by atoms with E-state index < -0.39 is 0 Å². The third kappa shape index (κ3) is 3.67. The van der Waals surface area contributed by atoms with E-state index in [1.54, 1.807) is 0 Å². The van der Waals surface area contributed by atoms with Gasteiger partial charge in [-0.1, -0.05) is 141 Å². The van der Waals surface area contributed by atoms with Crippen LogP contribution in [0.1, 0.15) is 25.0 Å². The summed E-state index contributed by atoms with van der Waals surface area (Å²) < 4.78 is 9.67. The molecule has 0 amide bonds. The molecule has 0 radical (unpaired) electrons. The lowest BCUT2D eigenvalue weighted by atomic mass is 9.44. The van der Waals surface area contributed by atoms with E-state index in [-0.39, 0.29) is 12.3 Å². The maximum Gasteiger partial charge on any atom is 0.333 e. The highest BCUT2D eigenvalue weighted by Gasteiger charge is 2.49. The van der Waals surface area contributed by atoms with Gasteiger partial charge in [0.2, 0.25) is 0 Å². The molecule has 0 saturated heterocycles. The van der Waals surface area contributed by atoms with E-state index in [0.29, 0.717) is 0 Å². The van der Waals surface area contributed by atoms with Crippen LogP contribution in [0, 0.1) is 0 Å². The van der Waals surface area contributed by atoms with Crippen LogP contribution in [0.15, 0.2) is 168 Å². The molecule has 8 aromatic carbocycles. The number of anilines is 2. The number of aromatic nitrogens is 1. The minimum atomic E-state index is -0.174. The average Bonchev–Trinajstić information content (AvgIpc) is 3.86. The Balaban J connectivity index is 1.22.